The Morgan fingerprint density at radius 3 is 3.12 bits per heavy atom. The van der Waals surface area contributed by atoms with Gasteiger partial charge in [0.25, 0.3) is 0 Å². The van der Waals surface area contributed by atoms with E-state index in [-0.39, 0.29) is 17.8 Å². The highest BCUT2D eigenvalue weighted by molar-refractivity contribution is 6.17. The van der Waals surface area contributed by atoms with Gasteiger partial charge in [-0.05, 0) is 12.5 Å². The van der Waals surface area contributed by atoms with Crippen LogP contribution < -0.4 is 4.90 Å². The Morgan fingerprint density at radius 1 is 1.69 bits per heavy atom. The van der Waals surface area contributed by atoms with Gasteiger partial charge in [0.15, 0.2) is 0 Å². The van der Waals surface area contributed by atoms with E-state index in [1.807, 2.05) is 0 Å². The summed E-state index contributed by atoms with van der Waals surface area (Å²) in [5.74, 6) is 0.701. The molecular weight excluding hydrogens is 231 g/mol. The molecule has 0 saturated carbocycles. The second kappa shape index (κ2) is 4.97. The maximum absolute atomic E-state index is 13.0. The van der Waals surface area contributed by atoms with Gasteiger partial charge in [0.2, 0.25) is 0 Å². The molecule has 0 amide bonds. The van der Waals surface area contributed by atoms with E-state index < -0.39 is 0 Å². The number of halogens is 2. The van der Waals surface area contributed by atoms with Crippen molar-refractivity contribution in [2.75, 3.05) is 25.1 Å². The van der Waals surface area contributed by atoms with Crippen molar-refractivity contribution >= 4 is 17.4 Å². The smallest absolute Gasteiger partial charge is 0.141 e. The molecular formula is C11H14ClFN2O. The minimum atomic E-state index is -0.345. The molecule has 1 saturated heterocycles. The van der Waals surface area contributed by atoms with Crippen LogP contribution in [0.3, 0.4) is 0 Å². The fourth-order valence-corrected chi connectivity index (χ4v) is 2.17. The Labute approximate surface area is 99.2 Å². The zero-order valence-electron chi connectivity index (χ0n) is 9.12. The van der Waals surface area contributed by atoms with Gasteiger partial charge in [0.1, 0.15) is 11.6 Å². The van der Waals surface area contributed by atoms with E-state index in [1.54, 1.807) is 7.11 Å². The van der Waals surface area contributed by atoms with E-state index in [0.717, 1.165) is 30.9 Å². The van der Waals surface area contributed by atoms with Crippen LogP contribution in [-0.2, 0) is 10.6 Å². The summed E-state index contributed by atoms with van der Waals surface area (Å²) < 4.78 is 18.3. The van der Waals surface area contributed by atoms with Gasteiger partial charge >= 0.3 is 0 Å². The summed E-state index contributed by atoms with van der Waals surface area (Å²) in [7, 11) is 1.70. The van der Waals surface area contributed by atoms with Gasteiger partial charge in [-0.15, -0.1) is 11.6 Å². The Hall–Kier alpha value is -0.870. The molecule has 2 heterocycles. The lowest BCUT2D eigenvalue weighted by molar-refractivity contribution is 0.121. The van der Waals surface area contributed by atoms with Gasteiger partial charge in [-0.1, -0.05) is 0 Å². The van der Waals surface area contributed by atoms with Crippen molar-refractivity contribution in [3.63, 3.8) is 0 Å². The lowest BCUT2D eigenvalue weighted by atomic mass is 10.2. The number of rotatable bonds is 3. The molecule has 3 nitrogen and oxygen atoms in total. The zero-order valence-corrected chi connectivity index (χ0v) is 9.88. The summed E-state index contributed by atoms with van der Waals surface area (Å²) in [4.78, 5) is 6.20. The number of nitrogens with zero attached hydrogens (tertiary/aromatic N) is 2. The first kappa shape index (κ1) is 11.6. The molecule has 0 bridgehead atoms. The molecule has 0 aliphatic carbocycles. The summed E-state index contributed by atoms with van der Waals surface area (Å²) in [5, 5.41) is 0. The standard InChI is InChI=1S/C11H14ClFN2O/c1-16-10-2-3-15(7-10)11-8(5-12)4-9(13)6-14-11/h4,6,10H,2-3,5,7H2,1H3. The van der Waals surface area contributed by atoms with Gasteiger partial charge in [-0.25, -0.2) is 9.37 Å². The van der Waals surface area contributed by atoms with Crippen molar-refractivity contribution in [2.24, 2.45) is 0 Å². The molecule has 16 heavy (non-hydrogen) atoms. The van der Waals surface area contributed by atoms with Crippen molar-refractivity contribution in [1.82, 2.24) is 4.98 Å². The van der Waals surface area contributed by atoms with Crippen molar-refractivity contribution in [1.29, 1.82) is 0 Å². The van der Waals surface area contributed by atoms with Gasteiger partial charge in [0.05, 0.1) is 18.2 Å². The molecule has 2 rings (SSSR count). The number of hydrogen-bond acceptors (Lipinski definition) is 3. The van der Waals surface area contributed by atoms with Crippen LogP contribution in [0.25, 0.3) is 0 Å². The number of methoxy groups -OCH3 is 1. The first-order chi connectivity index (χ1) is 7.74. The average molecular weight is 245 g/mol. The summed E-state index contributed by atoms with van der Waals surface area (Å²) in [6.07, 6.45) is 2.43. The second-order valence-electron chi connectivity index (χ2n) is 3.86. The van der Waals surface area contributed by atoms with Crippen LogP contribution in [0.2, 0.25) is 0 Å². The van der Waals surface area contributed by atoms with Crippen LogP contribution in [0.15, 0.2) is 12.3 Å². The topological polar surface area (TPSA) is 25.4 Å². The Bertz CT molecular complexity index is 375. The van der Waals surface area contributed by atoms with Crippen LogP contribution in [0.1, 0.15) is 12.0 Å². The maximum Gasteiger partial charge on any atom is 0.141 e. The van der Waals surface area contributed by atoms with Gasteiger partial charge in [-0.3, -0.25) is 0 Å². The van der Waals surface area contributed by atoms with E-state index >= 15 is 0 Å². The lowest BCUT2D eigenvalue weighted by Gasteiger charge is -2.19. The monoisotopic (exact) mass is 244 g/mol. The van der Waals surface area contributed by atoms with Gasteiger partial charge in [0, 0.05) is 25.8 Å². The zero-order chi connectivity index (χ0) is 11.5. The molecule has 1 aliphatic heterocycles. The van der Waals surface area contributed by atoms with Crippen LogP contribution in [0, 0.1) is 5.82 Å². The van der Waals surface area contributed by atoms with Crippen LogP contribution >= 0.6 is 11.6 Å². The first-order valence-electron chi connectivity index (χ1n) is 5.22. The summed E-state index contributed by atoms with van der Waals surface area (Å²) in [6.45, 7) is 1.67. The lowest BCUT2D eigenvalue weighted by Crippen LogP contribution is -2.24. The molecule has 88 valence electrons. The van der Waals surface area contributed by atoms with Gasteiger partial charge < -0.3 is 9.64 Å². The maximum atomic E-state index is 13.0. The highest BCUT2D eigenvalue weighted by Gasteiger charge is 2.24. The molecule has 0 aromatic carbocycles. The van der Waals surface area contributed by atoms with Crippen molar-refractivity contribution in [3.8, 4) is 0 Å². The third-order valence-electron chi connectivity index (χ3n) is 2.83. The summed E-state index contributed by atoms with van der Waals surface area (Å²) in [5.41, 5.74) is 0.735. The van der Waals surface area contributed by atoms with Crippen LogP contribution in [0.5, 0.6) is 0 Å². The van der Waals surface area contributed by atoms with E-state index in [0.29, 0.717) is 0 Å². The number of alkyl halides is 1. The van der Waals surface area contributed by atoms with E-state index in [1.165, 1.54) is 12.3 Å². The summed E-state index contributed by atoms with van der Waals surface area (Å²) >= 11 is 5.79. The normalized spacial score (nSPS) is 20.4. The molecule has 1 aromatic heterocycles. The Kier molecular flexibility index (Phi) is 3.61. The molecule has 0 radical (unpaired) electrons. The number of hydrogen-bond donors (Lipinski definition) is 0. The van der Waals surface area contributed by atoms with Gasteiger partial charge in [-0.2, -0.15) is 0 Å². The van der Waals surface area contributed by atoms with Crippen LogP contribution in [0.4, 0.5) is 10.2 Å². The first-order valence-corrected chi connectivity index (χ1v) is 5.76. The average Bonchev–Trinajstić information content (AvgIpc) is 2.77. The molecule has 1 atom stereocenters. The predicted molar refractivity (Wildman–Crippen MR) is 61.4 cm³/mol. The minimum Gasteiger partial charge on any atom is -0.380 e. The van der Waals surface area contributed by atoms with Crippen molar-refractivity contribution in [3.05, 3.63) is 23.6 Å². The number of aromatic nitrogens is 1. The van der Waals surface area contributed by atoms with Crippen molar-refractivity contribution in [2.45, 2.75) is 18.4 Å². The molecule has 1 aliphatic rings. The fraction of sp³-hybridized carbons (Fsp3) is 0.545. The highest BCUT2D eigenvalue weighted by atomic mass is 35.5. The molecule has 0 spiro atoms. The number of anilines is 1. The van der Waals surface area contributed by atoms with Crippen molar-refractivity contribution < 1.29 is 9.13 Å². The molecule has 1 aromatic rings. The van der Waals surface area contributed by atoms with E-state index in [2.05, 4.69) is 9.88 Å². The highest BCUT2D eigenvalue weighted by Crippen LogP contribution is 2.24. The second-order valence-corrected chi connectivity index (χ2v) is 4.13. The number of ether oxygens (including phenoxy) is 1. The third kappa shape index (κ3) is 2.28. The number of pyridine rings is 1. The molecule has 1 fully saturated rings. The largest absolute Gasteiger partial charge is 0.380 e. The predicted octanol–water partition coefficient (Wildman–Crippen LogP) is 2.18. The molecule has 1 unspecified atom stereocenters. The molecule has 5 heteroatoms. The summed E-state index contributed by atoms with van der Waals surface area (Å²) in [6, 6.07) is 1.44. The fourth-order valence-electron chi connectivity index (χ4n) is 1.97. The quantitative estimate of drug-likeness (QED) is 0.763. The third-order valence-corrected chi connectivity index (χ3v) is 3.12. The SMILES string of the molecule is COC1CCN(c2ncc(F)cc2CCl)C1. The van der Waals surface area contributed by atoms with E-state index in [4.69, 9.17) is 16.3 Å². The Balaban J connectivity index is 2.20. The Morgan fingerprint density at radius 2 is 2.50 bits per heavy atom. The molecule has 0 N–H and O–H groups in total. The van der Waals surface area contributed by atoms with E-state index in [9.17, 15) is 4.39 Å². The van der Waals surface area contributed by atoms with Crippen LogP contribution in [-0.4, -0.2) is 31.3 Å². The minimum absolute atomic E-state index is 0.232.